The molecule has 0 fully saturated rings. The Bertz CT molecular complexity index is 443. The Morgan fingerprint density at radius 1 is 1.50 bits per heavy atom. The van der Waals surface area contributed by atoms with Crippen LogP contribution in [0.25, 0.3) is 10.4 Å². The van der Waals surface area contributed by atoms with Crippen molar-refractivity contribution in [2.75, 3.05) is 12.4 Å². The molecular weight excluding hydrogens is 196 g/mol. The Morgan fingerprint density at radius 2 is 2.29 bits per heavy atom. The zero-order valence-corrected chi connectivity index (χ0v) is 9.22. The van der Waals surface area contributed by atoms with Gasteiger partial charge in [0, 0.05) is 32.1 Å². The van der Waals surface area contributed by atoms with Crippen LogP contribution in [0.5, 0.6) is 0 Å². The van der Waals surface area contributed by atoms with Crippen LogP contribution in [-0.4, -0.2) is 21.8 Å². The Hall–Kier alpha value is -1.36. The lowest BCUT2D eigenvalue weighted by Gasteiger charge is -1.90. The van der Waals surface area contributed by atoms with E-state index in [1.807, 2.05) is 38.1 Å². The van der Waals surface area contributed by atoms with E-state index in [1.165, 1.54) is 0 Å². The lowest BCUT2D eigenvalue weighted by molar-refractivity contribution is 0.756. The predicted octanol–water partition coefficient (Wildman–Crippen LogP) is 1.89. The second-order valence-corrected chi connectivity index (χ2v) is 4.11. The second kappa shape index (κ2) is 3.42. The normalized spacial score (nSPS) is 10.5. The molecule has 2 heterocycles. The Balaban J connectivity index is 2.43. The summed E-state index contributed by atoms with van der Waals surface area (Å²) in [5.74, 6) is 0. The minimum atomic E-state index is 0.934. The van der Waals surface area contributed by atoms with Crippen LogP contribution in [0.1, 0.15) is 5.69 Å². The Morgan fingerprint density at radius 3 is 2.79 bits per heavy atom. The first-order valence-corrected chi connectivity index (χ1v) is 5.16. The van der Waals surface area contributed by atoms with E-state index in [4.69, 9.17) is 0 Å². The van der Waals surface area contributed by atoms with E-state index in [2.05, 4.69) is 15.4 Å². The summed E-state index contributed by atoms with van der Waals surface area (Å²) in [6.45, 7) is 2.01. The molecule has 5 heteroatoms. The quantitative estimate of drug-likeness (QED) is 0.819. The summed E-state index contributed by atoms with van der Waals surface area (Å²) in [6.07, 6.45) is 3.89. The van der Waals surface area contributed by atoms with Crippen LogP contribution in [0, 0.1) is 6.92 Å². The van der Waals surface area contributed by atoms with E-state index in [0.717, 1.165) is 21.3 Å². The third-order valence-electron chi connectivity index (χ3n) is 2.00. The molecule has 74 valence electrons. The van der Waals surface area contributed by atoms with Gasteiger partial charge in [-0.2, -0.15) is 5.10 Å². The van der Waals surface area contributed by atoms with Crippen molar-refractivity contribution in [3.05, 3.63) is 18.1 Å². The number of aryl methyl sites for hydroxylation is 2. The van der Waals surface area contributed by atoms with Crippen LogP contribution in [-0.2, 0) is 7.05 Å². The fraction of sp³-hybridized carbons (Fsp3) is 0.333. The summed E-state index contributed by atoms with van der Waals surface area (Å²) in [5.41, 5.74) is 2.20. The molecule has 0 amide bonds. The van der Waals surface area contributed by atoms with Gasteiger partial charge in [-0.1, -0.05) is 11.3 Å². The average molecular weight is 208 g/mol. The molecule has 0 saturated heterocycles. The van der Waals surface area contributed by atoms with E-state index in [9.17, 15) is 0 Å². The third kappa shape index (κ3) is 1.50. The van der Waals surface area contributed by atoms with Crippen molar-refractivity contribution >= 4 is 16.5 Å². The van der Waals surface area contributed by atoms with Gasteiger partial charge in [-0.3, -0.25) is 4.68 Å². The summed E-state index contributed by atoms with van der Waals surface area (Å²) in [5, 5.41) is 8.25. The minimum absolute atomic E-state index is 0.934. The Labute approximate surface area is 86.6 Å². The number of thiazole rings is 1. The number of hydrogen-bond acceptors (Lipinski definition) is 4. The summed E-state index contributed by atoms with van der Waals surface area (Å²) in [6, 6.07) is 0. The first-order valence-electron chi connectivity index (χ1n) is 4.35. The highest BCUT2D eigenvalue weighted by atomic mass is 32.1. The van der Waals surface area contributed by atoms with Gasteiger partial charge < -0.3 is 5.32 Å². The van der Waals surface area contributed by atoms with Crippen LogP contribution in [0.3, 0.4) is 0 Å². The maximum atomic E-state index is 4.30. The fourth-order valence-corrected chi connectivity index (χ4v) is 2.19. The van der Waals surface area contributed by atoms with Crippen molar-refractivity contribution in [2.45, 2.75) is 6.92 Å². The molecule has 0 saturated carbocycles. The van der Waals surface area contributed by atoms with E-state index in [-0.39, 0.29) is 0 Å². The monoisotopic (exact) mass is 208 g/mol. The molecular formula is C9H12N4S. The molecule has 2 rings (SSSR count). The first-order chi connectivity index (χ1) is 6.70. The van der Waals surface area contributed by atoms with Crippen LogP contribution in [0.4, 0.5) is 5.13 Å². The molecule has 0 spiro atoms. The number of anilines is 1. The molecule has 2 aromatic heterocycles. The standard InChI is InChI=1S/C9H12N4S/c1-6-7(5-13(3)12-6)8-4-11-9(10-2)14-8/h4-5H,1-3H3,(H,10,11). The van der Waals surface area contributed by atoms with Crippen LogP contribution < -0.4 is 5.32 Å². The lowest BCUT2D eigenvalue weighted by Crippen LogP contribution is -1.86. The first kappa shape index (κ1) is 9.21. The van der Waals surface area contributed by atoms with Gasteiger partial charge >= 0.3 is 0 Å². The number of rotatable bonds is 2. The topological polar surface area (TPSA) is 42.7 Å². The summed E-state index contributed by atoms with van der Waals surface area (Å²) in [4.78, 5) is 5.38. The lowest BCUT2D eigenvalue weighted by atomic mass is 10.2. The molecule has 0 aliphatic carbocycles. The van der Waals surface area contributed by atoms with Gasteiger partial charge in [-0.15, -0.1) is 0 Å². The van der Waals surface area contributed by atoms with Gasteiger partial charge in [-0.05, 0) is 6.92 Å². The molecule has 2 aromatic rings. The van der Waals surface area contributed by atoms with Gasteiger partial charge in [0.05, 0.1) is 10.6 Å². The summed E-state index contributed by atoms with van der Waals surface area (Å²) in [7, 11) is 3.80. The van der Waals surface area contributed by atoms with Crippen molar-refractivity contribution in [1.29, 1.82) is 0 Å². The fourth-order valence-electron chi connectivity index (χ4n) is 1.36. The van der Waals surface area contributed by atoms with E-state index < -0.39 is 0 Å². The van der Waals surface area contributed by atoms with Gasteiger partial charge in [0.15, 0.2) is 5.13 Å². The van der Waals surface area contributed by atoms with Crippen LogP contribution >= 0.6 is 11.3 Å². The van der Waals surface area contributed by atoms with Gasteiger partial charge in [0.25, 0.3) is 0 Å². The predicted molar refractivity (Wildman–Crippen MR) is 58.6 cm³/mol. The second-order valence-electron chi connectivity index (χ2n) is 3.08. The number of nitrogens with zero attached hydrogens (tertiary/aromatic N) is 3. The number of hydrogen-bond donors (Lipinski definition) is 1. The highest BCUT2D eigenvalue weighted by Gasteiger charge is 2.08. The van der Waals surface area contributed by atoms with Crippen molar-refractivity contribution < 1.29 is 0 Å². The zero-order valence-electron chi connectivity index (χ0n) is 8.40. The minimum Gasteiger partial charge on any atom is -0.365 e. The molecule has 0 aromatic carbocycles. The maximum absolute atomic E-state index is 4.30. The summed E-state index contributed by atoms with van der Waals surface area (Å²) < 4.78 is 1.82. The third-order valence-corrected chi connectivity index (χ3v) is 3.05. The molecule has 1 N–H and O–H groups in total. The van der Waals surface area contributed by atoms with Crippen molar-refractivity contribution in [3.8, 4) is 10.4 Å². The van der Waals surface area contributed by atoms with Crippen molar-refractivity contribution in [2.24, 2.45) is 7.05 Å². The maximum Gasteiger partial charge on any atom is 0.182 e. The number of aromatic nitrogens is 3. The van der Waals surface area contributed by atoms with Crippen LogP contribution in [0.15, 0.2) is 12.4 Å². The molecule has 0 aliphatic rings. The van der Waals surface area contributed by atoms with E-state index in [1.54, 1.807) is 11.3 Å². The molecule has 0 bridgehead atoms. The van der Waals surface area contributed by atoms with Crippen molar-refractivity contribution in [3.63, 3.8) is 0 Å². The highest BCUT2D eigenvalue weighted by molar-refractivity contribution is 7.18. The van der Waals surface area contributed by atoms with Gasteiger partial charge in [0.2, 0.25) is 0 Å². The SMILES string of the molecule is CNc1ncc(-c2cn(C)nc2C)s1. The molecule has 0 atom stereocenters. The van der Waals surface area contributed by atoms with Gasteiger partial charge in [0.1, 0.15) is 0 Å². The number of nitrogens with one attached hydrogen (secondary N) is 1. The van der Waals surface area contributed by atoms with E-state index >= 15 is 0 Å². The molecule has 0 radical (unpaired) electrons. The highest BCUT2D eigenvalue weighted by Crippen LogP contribution is 2.30. The Kier molecular flexibility index (Phi) is 2.25. The summed E-state index contributed by atoms with van der Waals surface area (Å²) >= 11 is 1.64. The molecule has 0 unspecified atom stereocenters. The van der Waals surface area contributed by atoms with Crippen molar-refractivity contribution in [1.82, 2.24) is 14.8 Å². The average Bonchev–Trinajstić information content (AvgIpc) is 2.71. The van der Waals surface area contributed by atoms with Crippen LogP contribution in [0.2, 0.25) is 0 Å². The zero-order chi connectivity index (χ0) is 10.1. The van der Waals surface area contributed by atoms with Gasteiger partial charge in [-0.25, -0.2) is 4.98 Å². The molecule has 14 heavy (non-hydrogen) atoms. The molecule has 0 aliphatic heterocycles. The molecule has 4 nitrogen and oxygen atoms in total. The largest absolute Gasteiger partial charge is 0.365 e. The van der Waals surface area contributed by atoms with E-state index in [0.29, 0.717) is 0 Å². The smallest absolute Gasteiger partial charge is 0.182 e.